The highest BCUT2D eigenvalue weighted by Crippen LogP contribution is 2.28. The molecule has 1 heterocycles. The summed E-state index contributed by atoms with van der Waals surface area (Å²) in [4.78, 5) is 13.1. The van der Waals surface area contributed by atoms with Gasteiger partial charge in [-0.3, -0.25) is 4.79 Å². The summed E-state index contributed by atoms with van der Waals surface area (Å²) in [5.74, 6) is 0.0519. The number of aliphatic hydroxyl groups excluding tert-OH is 1. The van der Waals surface area contributed by atoms with E-state index in [-0.39, 0.29) is 17.7 Å². The van der Waals surface area contributed by atoms with Crippen molar-refractivity contribution in [1.82, 2.24) is 5.32 Å². The molecule has 2 unspecified atom stereocenters. The number of aliphatic hydroxyl groups is 1. The third-order valence-electron chi connectivity index (χ3n) is 3.49. The predicted molar refractivity (Wildman–Crippen MR) is 83.5 cm³/mol. The van der Waals surface area contributed by atoms with E-state index in [0.717, 1.165) is 21.5 Å². The monoisotopic (exact) mass is 347 g/mol. The van der Waals surface area contributed by atoms with Crippen LogP contribution in [0.2, 0.25) is 0 Å². The zero-order valence-electron chi connectivity index (χ0n) is 11.6. The maximum absolute atomic E-state index is 12.0. The van der Waals surface area contributed by atoms with E-state index < -0.39 is 6.10 Å². The number of halogens is 1. The quantitative estimate of drug-likeness (QED) is 0.792. The fourth-order valence-corrected chi connectivity index (χ4v) is 3.52. The lowest BCUT2D eigenvalue weighted by Gasteiger charge is -2.21. The number of carbonyl (C=O) groups is 1. The average Bonchev–Trinajstić information content (AvgIpc) is 2.83. The van der Waals surface area contributed by atoms with Crippen molar-refractivity contribution in [2.24, 2.45) is 5.92 Å². The lowest BCUT2D eigenvalue weighted by molar-refractivity contribution is -0.122. The van der Waals surface area contributed by atoms with Gasteiger partial charge in [-0.1, -0.05) is 26.7 Å². The molecule has 1 rings (SSSR count). The average molecular weight is 348 g/mol. The van der Waals surface area contributed by atoms with Gasteiger partial charge in [0.15, 0.2) is 0 Å². The third kappa shape index (κ3) is 4.89. The molecule has 5 heteroatoms. The lowest BCUT2D eigenvalue weighted by Crippen LogP contribution is -2.37. The van der Waals surface area contributed by atoms with E-state index in [9.17, 15) is 9.90 Å². The molecule has 0 saturated carbocycles. The van der Waals surface area contributed by atoms with Gasteiger partial charge in [-0.15, -0.1) is 11.3 Å². The van der Waals surface area contributed by atoms with Crippen molar-refractivity contribution in [1.29, 1.82) is 0 Å². The van der Waals surface area contributed by atoms with Gasteiger partial charge in [0.25, 0.3) is 0 Å². The van der Waals surface area contributed by atoms with Crippen molar-refractivity contribution in [3.05, 3.63) is 20.8 Å². The molecule has 0 radical (unpaired) electrons. The highest BCUT2D eigenvalue weighted by molar-refractivity contribution is 9.11. The Morgan fingerprint density at radius 1 is 1.42 bits per heavy atom. The van der Waals surface area contributed by atoms with Crippen molar-refractivity contribution < 1.29 is 9.90 Å². The number of hydrogen-bond donors (Lipinski definition) is 2. The van der Waals surface area contributed by atoms with E-state index in [2.05, 4.69) is 35.1 Å². The van der Waals surface area contributed by atoms with E-state index in [0.29, 0.717) is 6.54 Å². The molecule has 0 aliphatic rings. The fourth-order valence-electron chi connectivity index (χ4n) is 2.05. The molecule has 0 fully saturated rings. The van der Waals surface area contributed by atoms with Crippen LogP contribution in [0.1, 0.15) is 44.4 Å². The van der Waals surface area contributed by atoms with Gasteiger partial charge in [0.2, 0.25) is 5.91 Å². The Morgan fingerprint density at radius 2 is 2.05 bits per heavy atom. The van der Waals surface area contributed by atoms with E-state index in [1.54, 1.807) is 11.3 Å². The van der Waals surface area contributed by atoms with E-state index in [4.69, 9.17) is 0 Å². The standard InChI is InChI=1S/C14H22BrNO2S/c1-4-10(5-2)11(17)8-16-14(18)9(3)12-6-7-13(15)19-12/h6-7,9-11,17H,4-5,8H2,1-3H3,(H,16,18). The van der Waals surface area contributed by atoms with Gasteiger partial charge in [-0.2, -0.15) is 0 Å². The molecular formula is C14H22BrNO2S. The normalized spacial score (nSPS) is 14.4. The first-order chi connectivity index (χ1) is 8.99. The van der Waals surface area contributed by atoms with Gasteiger partial charge in [0, 0.05) is 11.4 Å². The molecule has 0 spiro atoms. The Bertz CT molecular complexity index is 404. The summed E-state index contributed by atoms with van der Waals surface area (Å²) in [5.41, 5.74) is 0. The molecule has 0 bridgehead atoms. The Kier molecular flexibility index (Phi) is 7.04. The molecule has 1 aromatic heterocycles. The van der Waals surface area contributed by atoms with Crippen LogP contribution in [0.3, 0.4) is 0 Å². The number of rotatable bonds is 7. The summed E-state index contributed by atoms with van der Waals surface area (Å²) < 4.78 is 1.03. The van der Waals surface area contributed by atoms with Gasteiger partial charge in [-0.25, -0.2) is 0 Å². The van der Waals surface area contributed by atoms with Gasteiger partial charge in [0.05, 0.1) is 15.8 Å². The van der Waals surface area contributed by atoms with Crippen LogP contribution in [0, 0.1) is 5.92 Å². The molecule has 3 nitrogen and oxygen atoms in total. The second kappa shape index (κ2) is 8.02. The zero-order chi connectivity index (χ0) is 14.4. The first-order valence-electron chi connectivity index (χ1n) is 6.70. The highest BCUT2D eigenvalue weighted by atomic mass is 79.9. The molecule has 1 aromatic rings. The topological polar surface area (TPSA) is 49.3 Å². The zero-order valence-corrected chi connectivity index (χ0v) is 14.1. The third-order valence-corrected chi connectivity index (χ3v) is 5.30. The summed E-state index contributed by atoms with van der Waals surface area (Å²) in [6.07, 6.45) is 1.41. The maximum Gasteiger partial charge on any atom is 0.228 e. The molecular weight excluding hydrogens is 326 g/mol. The second-order valence-corrected chi connectivity index (χ2v) is 7.25. The van der Waals surface area contributed by atoms with Crippen molar-refractivity contribution in [3.8, 4) is 0 Å². The van der Waals surface area contributed by atoms with E-state index in [1.165, 1.54) is 0 Å². The minimum atomic E-state index is -0.457. The highest BCUT2D eigenvalue weighted by Gasteiger charge is 2.20. The largest absolute Gasteiger partial charge is 0.391 e. The summed E-state index contributed by atoms with van der Waals surface area (Å²) >= 11 is 4.96. The Balaban J connectivity index is 2.47. The van der Waals surface area contributed by atoms with Crippen LogP contribution >= 0.6 is 27.3 Å². The van der Waals surface area contributed by atoms with Crippen molar-refractivity contribution >= 4 is 33.2 Å². The van der Waals surface area contributed by atoms with Crippen molar-refractivity contribution in [2.75, 3.05) is 6.54 Å². The molecule has 108 valence electrons. The maximum atomic E-state index is 12.0. The molecule has 0 aromatic carbocycles. The summed E-state index contributed by atoms with van der Waals surface area (Å²) in [7, 11) is 0. The van der Waals surface area contributed by atoms with Crippen LogP contribution < -0.4 is 5.32 Å². The molecule has 0 aliphatic carbocycles. The molecule has 2 atom stereocenters. The SMILES string of the molecule is CCC(CC)C(O)CNC(=O)C(C)c1ccc(Br)s1. The first-order valence-corrected chi connectivity index (χ1v) is 8.31. The smallest absolute Gasteiger partial charge is 0.228 e. The Labute approximate surface area is 127 Å². The lowest BCUT2D eigenvalue weighted by atomic mass is 9.96. The summed E-state index contributed by atoms with van der Waals surface area (Å²) in [5, 5.41) is 12.8. The minimum absolute atomic E-state index is 0.0284. The molecule has 1 amide bonds. The van der Waals surface area contributed by atoms with Gasteiger partial charge >= 0.3 is 0 Å². The van der Waals surface area contributed by atoms with Gasteiger partial charge in [0.1, 0.15) is 0 Å². The Hall–Kier alpha value is -0.390. The summed E-state index contributed by atoms with van der Waals surface area (Å²) in [6.45, 7) is 6.34. The van der Waals surface area contributed by atoms with E-state index >= 15 is 0 Å². The van der Waals surface area contributed by atoms with Crippen molar-refractivity contribution in [3.63, 3.8) is 0 Å². The molecule has 0 aliphatic heterocycles. The fraction of sp³-hybridized carbons (Fsp3) is 0.643. The van der Waals surface area contributed by atoms with Gasteiger partial charge < -0.3 is 10.4 Å². The van der Waals surface area contributed by atoms with Crippen LogP contribution in [0.4, 0.5) is 0 Å². The molecule has 2 N–H and O–H groups in total. The Morgan fingerprint density at radius 3 is 2.53 bits per heavy atom. The number of amides is 1. The number of hydrogen-bond acceptors (Lipinski definition) is 3. The van der Waals surface area contributed by atoms with Crippen molar-refractivity contribution in [2.45, 2.75) is 45.6 Å². The van der Waals surface area contributed by atoms with Gasteiger partial charge in [-0.05, 0) is 40.9 Å². The van der Waals surface area contributed by atoms with Crippen LogP contribution in [0.15, 0.2) is 15.9 Å². The minimum Gasteiger partial charge on any atom is -0.391 e. The number of carbonyl (C=O) groups excluding carboxylic acids is 1. The number of nitrogens with one attached hydrogen (secondary N) is 1. The van der Waals surface area contributed by atoms with Crippen LogP contribution in [-0.2, 0) is 4.79 Å². The second-order valence-electron chi connectivity index (χ2n) is 4.75. The van der Waals surface area contributed by atoms with Crippen LogP contribution in [-0.4, -0.2) is 23.7 Å². The molecule has 19 heavy (non-hydrogen) atoms. The number of thiophene rings is 1. The van der Waals surface area contributed by atoms with E-state index in [1.807, 2.05) is 19.1 Å². The predicted octanol–water partition coefficient (Wildman–Crippen LogP) is 3.53. The van der Waals surface area contributed by atoms with Crippen LogP contribution in [0.25, 0.3) is 0 Å². The first kappa shape index (κ1) is 16.7. The summed E-state index contributed by atoms with van der Waals surface area (Å²) in [6, 6.07) is 3.90. The molecule has 0 saturated heterocycles. The van der Waals surface area contributed by atoms with Crippen LogP contribution in [0.5, 0.6) is 0 Å².